The molecule has 0 aromatic carbocycles. The van der Waals surface area contributed by atoms with Crippen molar-refractivity contribution in [1.29, 1.82) is 0 Å². The van der Waals surface area contributed by atoms with Gasteiger partial charge in [-0.15, -0.1) is 0 Å². The molecule has 2 rings (SSSR count). The standard InChI is InChI=1S/C13H21NO4S/c1-3-13-12(10(2)18-14-13)9-19(15,16)8-6-11-5-4-7-17-11/h11H,3-9H2,1-2H3. The Morgan fingerprint density at radius 3 is 2.84 bits per heavy atom. The van der Waals surface area contributed by atoms with Gasteiger partial charge in [0.2, 0.25) is 0 Å². The van der Waals surface area contributed by atoms with E-state index < -0.39 is 9.84 Å². The van der Waals surface area contributed by atoms with E-state index in [2.05, 4.69) is 5.16 Å². The van der Waals surface area contributed by atoms with Crippen LogP contribution in [0.25, 0.3) is 0 Å². The van der Waals surface area contributed by atoms with Gasteiger partial charge in [0.05, 0.1) is 23.3 Å². The van der Waals surface area contributed by atoms with Crippen LogP contribution in [0.5, 0.6) is 0 Å². The molecule has 0 spiro atoms. The van der Waals surface area contributed by atoms with Crippen LogP contribution in [-0.4, -0.2) is 32.0 Å². The molecule has 0 amide bonds. The van der Waals surface area contributed by atoms with E-state index in [9.17, 15) is 8.42 Å². The normalized spacial score (nSPS) is 20.0. The second-order valence-corrected chi connectivity index (χ2v) is 7.22. The molecule has 1 aliphatic rings. The van der Waals surface area contributed by atoms with Crippen molar-refractivity contribution < 1.29 is 17.7 Å². The lowest BCUT2D eigenvalue weighted by molar-refractivity contribution is 0.109. The molecule has 1 unspecified atom stereocenters. The molecule has 108 valence electrons. The van der Waals surface area contributed by atoms with Gasteiger partial charge in [0.25, 0.3) is 0 Å². The summed E-state index contributed by atoms with van der Waals surface area (Å²) in [4.78, 5) is 0. The lowest BCUT2D eigenvalue weighted by atomic mass is 10.2. The van der Waals surface area contributed by atoms with Crippen molar-refractivity contribution in [2.45, 2.75) is 51.4 Å². The molecule has 0 aliphatic carbocycles. The summed E-state index contributed by atoms with van der Waals surface area (Å²) in [6.45, 7) is 4.46. The van der Waals surface area contributed by atoms with Crippen LogP contribution in [0.4, 0.5) is 0 Å². The number of aromatic nitrogens is 1. The number of aryl methyl sites for hydroxylation is 2. The monoisotopic (exact) mass is 287 g/mol. The molecule has 0 saturated carbocycles. The second kappa shape index (κ2) is 6.05. The number of hydrogen-bond donors (Lipinski definition) is 0. The van der Waals surface area contributed by atoms with Gasteiger partial charge in [-0.2, -0.15) is 0 Å². The molecule has 1 saturated heterocycles. The van der Waals surface area contributed by atoms with Crippen LogP contribution in [0.3, 0.4) is 0 Å². The molecule has 1 aromatic rings. The van der Waals surface area contributed by atoms with E-state index in [4.69, 9.17) is 9.26 Å². The fraction of sp³-hybridized carbons (Fsp3) is 0.769. The summed E-state index contributed by atoms with van der Waals surface area (Å²) in [5, 5.41) is 3.89. The van der Waals surface area contributed by atoms with Gasteiger partial charge in [-0.25, -0.2) is 8.42 Å². The topological polar surface area (TPSA) is 69.4 Å². The second-order valence-electron chi connectivity index (χ2n) is 5.03. The SMILES string of the molecule is CCc1noc(C)c1CS(=O)(=O)CCC1CCCO1. The van der Waals surface area contributed by atoms with Crippen LogP contribution in [0.2, 0.25) is 0 Å². The first-order valence-corrected chi connectivity index (χ1v) is 8.60. The average Bonchev–Trinajstić information content (AvgIpc) is 2.98. The number of ether oxygens (including phenoxy) is 1. The molecule has 0 radical (unpaired) electrons. The summed E-state index contributed by atoms with van der Waals surface area (Å²) in [5.74, 6) is 0.807. The summed E-state index contributed by atoms with van der Waals surface area (Å²) in [5.41, 5.74) is 1.48. The number of hydrogen-bond acceptors (Lipinski definition) is 5. The molecule has 0 N–H and O–H groups in total. The van der Waals surface area contributed by atoms with Crippen LogP contribution in [0.15, 0.2) is 4.52 Å². The number of rotatable bonds is 6. The molecule has 6 heteroatoms. The van der Waals surface area contributed by atoms with Gasteiger partial charge in [0.15, 0.2) is 9.84 Å². The fourth-order valence-electron chi connectivity index (χ4n) is 2.37. The van der Waals surface area contributed by atoms with E-state index in [1.807, 2.05) is 6.92 Å². The molecule has 1 fully saturated rings. The summed E-state index contributed by atoms with van der Waals surface area (Å²) >= 11 is 0. The lowest BCUT2D eigenvalue weighted by Gasteiger charge is -2.09. The summed E-state index contributed by atoms with van der Waals surface area (Å²) in [6, 6.07) is 0. The zero-order valence-electron chi connectivity index (χ0n) is 11.5. The van der Waals surface area contributed by atoms with E-state index in [1.165, 1.54) is 0 Å². The fourth-order valence-corrected chi connectivity index (χ4v) is 3.95. The lowest BCUT2D eigenvalue weighted by Crippen LogP contribution is -2.16. The molecular formula is C13H21NO4S. The molecule has 19 heavy (non-hydrogen) atoms. The molecule has 5 nitrogen and oxygen atoms in total. The summed E-state index contributed by atoms with van der Waals surface area (Å²) in [7, 11) is -3.13. The first-order valence-electron chi connectivity index (χ1n) is 6.78. The molecular weight excluding hydrogens is 266 g/mol. The third-order valence-corrected chi connectivity index (χ3v) is 5.13. The van der Waals surface area contributed by atoms with E-state index in [-0.39, 0.29) is 17.6 Å². The van der Waals surface area contributed by atoms with Crippen molar-refractivity contribution in [1.82, 2.24) is 5.16 Å². The Balaban J connectivity index is 1.97. The quantitative estimate of drug-likeness (QED) is 0.800. The Kier molecular flexibility index (Phi) is 4.62. The van der Waals surface area contributed by atoms with Gasteiger partial charge >= 0.3 is 0 Å². The van der Waals surface area contributed by atoms with Gasteiger partial charge in [-0.1, -0.05) is 12.1 Å². The van der Waals surface area contributed by atoms with E-state index >= 15 is 0 Å². The number of nitrogens with zero attached hydrogens (tertiary/aromatic N) is 1. The summed E-state index contributed by atoms with van der Waals surface area (Å²) < 4.78 is 34.8. The predicted octanol–water partition coefficient (Wildman–Crippen LogP) is 2.03. The average molecular weight is 287 g/mol. The first-order chi connectivity index (χ1) is 9.02. The Morgan fingerprint density at radius 2 is 2.21 bits per heavy atom. The highest BCUT2D eigenvalue weighted by atomic mass is 32.2. The summed E-state index contributed by atoms with van der Waals surface area (Å²) in [6.07, 6.45) is 3.41. The van der Waals surface area contributed by atoms with Gasteiger partial charge < -0.3 is 9.26 Å². The third-order valence-electron chi connectivity index (χ3n) is 3.54. The minimum Gasteiger partial charge on any atom is -0.378 e. The van der Waals surface area contributed by atoms with Crippen molar-refractivity contribution >= 4 is 9.84 Å². The van der Waals surface area contributed by atoms with Gasteiger partial charge in [0, 0.05) is 12.2 Å². The minimum atomic E-state index is -3.13. The predicted molar refractivity (Wildman–Crippen MR) is 71.7 cm³/mol. The smallest absolute Gasteiger partial charge is 0.154 e. The molecule has 1 aliphatic heterocycles. The Bertz CT molecular complexity index is 515. The van der Waals surface area contributed by atoms with Crippen LogP contribution in [0.1, 0.15) is 43.2 Å². The van der Waals surface area contributed by atoms with Crippen LogP contribution < -0.4 is 0 Å². The van der Waals surface area contributed by atoms with Gasteiger partial charge in [0.1, 0.15) is 5.76 Å². The number of sulfone groups is 1. The zero-order chi connectivity index (χ0) is 13.9. The van der Waals surface area contributed by atoms with Gasteiger partial charge in [-0.05, 0) is 32.6 Å². The van der Waals surface area contributed by atoms with Crippen molar-refractivity contribution in [2.75, 3.05) is 12.4 Å². The molecule has 1 aromatic heterocycles. The van der Waals surface area contributed by atoms with Gasteiger partial charge in [-0.3, -0.25) is 0 Å². The third kappa shape index (κ3) is 3.79. The molecule has 2 heterocycles. The molecule has 1 atom stereocenters. The van der Waals surface area contributed by atoms with Crippen LogP contribution in [-0.2, 0) is 26.7 Å². The van der Waals surface area contributed by atoms with Crippen molar-refractivity contribution in [3.8, 4) is 0 Å². The maximum Gasteiger partial charge on any atom is 0.154 e. The minimum absolute atomic E-state index is 0.0260. The Labute approximate surface area is 114 Å². The molecule has 0 bridgehead atoms. The maximum absolute atomic E-state index is 12.2. The van der Waals surface area contributed by atoms with Crippen molar-refractivity contribution in [3.05, 3.63) is 17.0 Å². The first kappa shape index (κ1) is 14.5. The largest absolute Gasteiger partial charge is 0.378 e. The van der Waals surface area contributed by atoms with Crippen molar-refractivity contribution in [3.63, 3.8) is 0 Å². The Morgan fingerprint density at radius 1 is 1.42 bits per heavy atom. The van der Waals surface area contributed by atoms with Crippen molar-refractivity contribution in [2.24, 2.45) is 0 Å². The zero-order valence-corrected chi connectivity index (χ0v) is 12.3. The highest BCUT2D eigenvalue weighted by Crippen LogP contribution is 2.20. The highest BCUT2D eigenvalue weighted by molar-refractivity contribution is 7.90. The highest BCUT2D eigenvalue weighted by Gasteiger charge is 2.23. The van der Waals surface area contributed by atoms with E-state index in [0.29, 0.717) is 18.6 Å². The van der Waals surface area contributed by atoms with Crippen LogP contribution >= 0.6 is 0 Å². The van der Waals surface area contributed by atoms with Crippen LogP contribution in [0, 0.1) is 6.92 Å². The maximum atomic E-state index is 12.2. The van der Waals surface area contributed by atoms with E-state index in [0.717, 1.165) is 30.7 Å². The van der Waals surface area contributed by atoms with E-state index in [1.54, 1.807) is 6.92 Å². The Hall–Kier alpha value is -0.880.